The van der Waals surface area contributed by atoms with Gasteiger partial charge in [0.05, 0.1) is 11.9 Å². The summed E-state index contributed by atoms with van der Waals surface area (Å²) in [4.78, 5) is 27.7. The summed E-state index contributed by atoms with van der Waals surface area (Å²) >= 11 is 0. The van der Waals surface area contributed by atoms with Gasteiger partial charge < -0.3 is 10.2 Å². The van der Waals surface area contributed by atoms with E-state index in [1.807, 2.05) is 64.1 Å². The van der Waals surface area contributed by atoms with E-state index in [1.54, 1.807) is 17.0 Å². The van der Waals surface area contributed by atoms with Crippen LogP contribution in [0.25, 0.3) is 0 Å². The smallest absolute Gasteiger partial charge is 0.242 e. The molecule has 34 heavy (non-hydrogen) atoms. The normalized spacial score (nSPS) is 12.1. The van der Waals surface area contributed by atoms with Crippen molar-refractivity contribution in [2.24, 2.45) is 0 Å². The number of likely N-dealkylation sites (N-methyl/N-ethyl adjacent to an activating group) is 1. The van der Waals surface area contributed by atoms with Crippen LogP contribution in [0.15, 0.2) is 48.5 Å². The number of carbonyl (C=O) groups excluding carboxylic acids is 2. The molecule has 1 N–H and O–H groups in total. The van der Waals surface area contributed by atoms with Crippen LogP contribution in [0.3, 0.4) is 0 Å². The van der Waals surface area contributed by atoms with Crippen LogP contribution in [0, 0.1) is 13.8 Å². The molecule has 7 nitrogen and oxygen atoms in total. The molecule has 2 amide bonds. The zero-order chi connectivity index (χ0) is 25.3. The Morgan fingerprint density at radius 3 is 2.21 bits per heavy atom. The third kappa shape index (κ3) is 7.58. The van der Waals surface area contributed by atoms with Gasteiger partial charge in [0.15, 0.2) is 0 Å². The lowest BCUT2D eigenvalue weighted by Crippen LogP contribution is -2.49. The fraction of sp³-hybridized carbons (Fsp3) is 0.462. The first kappa shape index (κ1) is 27.4. The summed E-state index contributed by atoms with van der Waals surface area (Å²) in [5.74, 6) is -0.347. The predicted octanol–water partition coefficient (Wildman–Crippen LogP) is 3.79. The number of hydrogen-bond donors (Lipinski definition) is 1. The topological polar surface area (TPSA) is 86.8 Å². The predicted molar refractivity (Wildman–Crippen MR) is 137 cm³/mol. The van der Waals surface area contributed by atoms with Gasteiger partial charge in [-0.25, -0.2) is 8.42 Å². The molecule has 0 spiro atoms. The van der Waals surface area contributed by atoms with Crippen LogP contribution in [-0.2, 0) is 26.2 Å². The van der Waals surface area contributed by atoms with Crippen molar-refractivity contribution in [1.82, 2.24) is 10.2 Å². The minimum atomic E-state index is -3.51. The second-order valence-electron chi connectivity index (χ2n) is 8.55. The van der Waals surface area contributed by atoms with Crippen molar-refractivity contribution in [2.45, 2.75) is 59.5 Å². The number of carbonyl (C=O) groups is 2. The van der Waals surface area contributed by atoms with Crippen LogP contribution in [0.1, 0.15) is 49.8 Å². The molecule has 2 aromatic carbocycles. The van der Waals surface area contributed by atoms with Crippen molar-refractivity contribution in [3.63, 3.8) is 0 Å². The molecule has 0 saturated heterocycles. The van der Waals surface area contributed by atoms with E-state index in [-0.39, 0.29) is 24.8 Å². The summed E-state index contributed by atoms with van der Waals surface area (Å²) in [7, 11) is -3.51. The lowest BCUT2D eigenvalue weighted by molar-refractivity contribution is -0.141. The Morgan fingerprint density at radius 1 is 1.00 bits per heavy atom. The molecule has 2 aromatic rings. The van der Waals surface area contributed by atoms with Gasteiger partial charge in [-0.2, -0.15) is 0 Å². The highest BCUT2D eigenvalue weighted by Crippen LogP contribution is 2.23. The first-order chi connectivity index (χ1) is 16.1. The molecule has 0 aliphatic rings. The molecular weight excluding hydrogens is 450 g/mol. The van der Waals surface area contributed by atoms with Crippen LogP contribution < -0.4 is 9.62 Å². The number of anilines is 1. The van der Waals surface area contributed by atoms with Gasteiger partial charge in [-0.15, -0.1) is 0 Å². The van der Waals surface area contributed by atoms with Crippen LogP contribution in [0.5, 0.6) is 0 Å². The average Bonchev–Trinajstić information content (AvgIpc) is 2.78. The molecule has 0 unspecified atom stereocenters. The number of nitrogens with zero attached hydrogens (tertiary/aromatic N) is 2. The standard InChI is InChI=1S/C26H37N3O4S/c1-6-23(26(31)27-7-2)28(19-22-16-14-20(3)15-17-22)25(30)13-10-18-29(34(5,32)33)24-12-9-8-11-21(24)4/h8-9,11-12,14-17,23H,6-7,10,13,18-19H2,1-5H3,(H,27,31)/t23-/m0/s1. The second-order valence-corrected chi connectivity index (χ2v) is 10.5. The number of rotatable bonds is 12. The Labute approximate surface area is 204 Å². The summed E-state index contributed by atoms with van der Waals surface area (Å²) in [6, 6.07) is 14.6. The Kier molecular flexibility index (Phi) is 10.1. The van der Waals surface area contributed by atoms with Crippen molar-refractivity contribution in [3.8, 4) is 0 Å². The largest absolute Gasteiger partial charge is 0.355 e. The number of sulfonamides is 1. The van der Waals surface area contributed by atoms with Crippen molar-refractivity contribution in [3.05, 3.63) is 65.2 Å². The highest BCUT2D eigenvalue weighted by molar-refractivity contribution is 7.92. The molecular formula is C26H37N3O4S. The fourth-order valence-corrected chi connectivity index (χ4v) is 4.95. The van der Waals surface area contributed by atoms with Gasteiger partial charge >= 0.3 is 0 Å². The molecule has 0 radical (unpaired) electrons. The Morgan fingerprint density at radius 2 is 1.65 bits per heavy atom. The quantitative estimate of drug-likeness (QED) is 0.493. The van der Waals surface area contributed by atoms with Crippen molar-refractivity contribution in [2.75, 3.05) is 23.7 Å². The number of hydrogen-bond acceptors (Lipinski definition) is 4. The summed E-state index contributed by atoms with van der Waals surface area (Å²) in [5, 5.41) is 2.83. The Bertz CT molecular complexity index is 1070. The number of aryl methyl sites for hydroxylation is 2. The zero-order valence-electron chi connectivity index (χ0n) is 20.9. The van der Waals surface area contributed by atoms with Crippen molar-refractivity contribution < 1.29 is 18.0 Å². The van der Waals surface area contributed by atoms with Gasteiger partial charge in [-0.1, -0.05) is 55.0 Å². The highest BCUT2D eigenvalue weighted by Gasteiger charge is 2.28. The molecule has 186 valence electrons. The van der Waals surface area contributed by atoms with E-state index in [0.717, 1.165) is 16.7 Å². The fourth-order valence-electron chi connectivity index (χ4n) is 3.93. The number of nitrogens with one attached hydrogen (secondary N) is 1. The number of benzene rings is 2. The van der Waals surface area contributed by atoms with Gasteiger partial charge in [0.25, 0.3) is 0 Å². The van der Waals surface area contributed by atoms with Crippen LogP contribution in [0.4, 0.5) is 5.69 Å². The van der Waals surface area contributed by atoms with Gasteiger partial charge in [0.2, 0.25) is 21.8 Å². The first-order valence-electron chi connectivity index (χ1n) is 11.7. The molecule has 0 aliphatic carbocycles. The molecule has 0 heterocycles. The number of para-hydroxylation sites is 1. The minimum Gasteiger partial charge on any atom is -0.355 e. The SMILES string of the molecule is CCNC(=O)[C@H](CC)N(Cc1ccc(C)cc1)C(=O)CCCN(c1ccccc1C)S(C)(=O)=O. The maximum Gasteiger partial charge on any atom is 0.242 e. The molecule has 0 fully saturated rings. The molecule has 0 aliphatic heterocycles. The average molecular weight is 488 g/mol. The van der Waals surface area contributed by atoms with E-state index >= 15 is 0 Å². The van der Waals surface area contributed by atoms with E-state index in [1.165, 1.54) is 10.6 Å². The third-order valence-corrected chi connectivity index (χ3v) is 6.93. The minimum absolute atomic E-state index is 0.139. The maximum absolute atomic E-state index is 13.3. The summed E-state index contributed by atoms with van der Waals surface area (Å²) in [6.07, 6.45) is 2.14. The molecule has 0 saturated carbocycles. The maximum atomic E-state index is 13.3. The lowest BCUT2D eigenvalue weighted by Gasteiger charge is -2.31. The number of amides is 2. The molecule has 1 atom stereocenters. The summed E-state index contributed by atoms with van der Waals surface area (Å²) in [6.45, 7) is 8.59. The van der Waals surface area contributed by atoms with E-state index < -0.39 is 16.1 Å². The van der Waals surface area contributed by atoms with Crippen LogP contribution in [0.2, 0.25) is 0 Å². The summed E-state index contributed by atoms with van der Waals surface area (Å²) in [5.41, 5.74) is 3.53. The molecule has 8 heteroatoms. The van der Waals surface area contributed by atoms with Gasteiger partial charge in [0.1, 0.15) is 6.04 Å². The van der Waals surface area contributed by atoms with Gasteiger partial charge in [-0.3, -0.25) is 13.9 Å². The van der Waals surface area contributed by atoms with E-state index in [4.69, 9.17) is 0 Å². The molecule has 0 aromatic heterocycles. The Hall–Kier alpha value is -2.87. The van der Waals surface area contributed by atoms with E-state index in [0.29, 0.717) is 31.6 Å². The first-order valence-corrected chi connectivity index (χ1v) is 13.6. The lowest BCUT2D eigenvalue weighted by atomic mass is 10.1. The molecule has 0 bridgehead atoms. The van der Waals surface area contributed by atoms with Gasteiger partial charge in [-0.05, 0) is 50.8 Å². The summed E-state index contributed by atoms with van der Waals surface area (Å²) < 4.78 is 26.3. The van der Waals surface area contributed by atoms with E-state index in [9.17, 15) is 18.0 Å². The zero-order valence-corrected chi connectivity index (χ0v) is 21.7. The highest BCUT2D eigenvalue weighted by atomic mass is 32.2. The third-order valence-electron chi connectivity index (χ3n) is 5.75. The van der Waals surface area contributed by atoms with Crippen LogP contribution in [-0.4, -0.2) is 50.5 Å². The van der Waals surface area contributed by atoms with Gasteiger partial charge in [0, 0.05) is 26.1 Å². The molecule has 2 rings (SSSR count). The Balaban J connectivity index is 2.20. The van der Waals surface area contributed by atoms with Crippen molar-refractivity contribution in [1.29, 1.82) is 0 Å². The van der Waals surface area contributed by atoms with Crippen LogP contribution >= 0.6 is 0 Å². The van der Waals surface area contributed by atoms with Crippen molar-refractivity contribution >= 4 is 27.5 Å². The second kappa shape index (κ2) is 12.6. The van der Waals surface area contributed by atoms with E-state index in [2.05, 4.69) is 5.32 Å². The monoisotopic (exact) mass is 487 g/mol.